The number of nitrogens with zero attached hydrogens (tertiary/aromatic N) is 1. The summed E-state index contributed by atoms with van der Waals surface area (Å²) < 4.78 is 2.63. The van der Waals surface area contributed by atoms with Gasteiger partial charge in [-0.1, -0.05) is 194 Å². The second kappa shape index (κ2) is 13.4. The van der Waals surface area contributed by atoms with Crippen molar-refractivity contribution in [1.82, 2.24) is 0 Å². The van der Waals surface area contributed by atoms with Gasteiger partial charge in [0.1, 0.15) is 0 Å². The first-order chi connectivity index (χ1) is 29.3. The van der Waals surface area contributed by atoms with E-state index in [9.17, 15) is 0 Å². The van der Waals surface area contributed by atoms with E-state index in [1.807, 2.05) is 11.3 Å². The average Bonchev–Trinajstić information content (AvgIpc) is 3.84. The Labute approximate surface area is 347 Å². The van der Waals surface area contributed by atoms with Crippen molar-refractivity contribution in [3.05, 3.63) is 247 Å². The predicted octanol–water partition coefficient (Wildman–Crippen LogP) is 15.9. The van der Waals surface area contributed by atoms with Crippen LogP contribution in [-0.2, 0) is 5.41 Å². The predicted molar refractivity (Wildman–Crippen MR) is 252 cm³/mol. The molecule has 1 nitrogen and oxygen atoms in total. The fraction of sp³-hybridized carbons (Fsp3) is 0.0175. The molecule has 0 saturated heterocycles. The van der Waals surface area contributed by atoms with Gasteiger partial charge in [-0.3, -0.25) is 0 Å². The van der Waals surface area contributed by atoms with Crippen LogP contribution in [0.5, 0.6) is 0 Å². The molecule has 1 aromatic heterocycles. The van der Waals surface area contributed by atoms with Gasteiger partial charge in [0, 0.05) is 36.8 Å². The van der Waals surface area contributed by atoms with Crippen LogP contribution in [-0.4, -0.2) is 0 Å². The number of rotatable bonds is 6. The van der Waals surface area contributed by atoms with E-state index in [4.69, 9.17) is 0 Å². The highest BCUT2D eigenvalue weighted by atomic mass is 32.1. The zero-order valence-electron chi connectivity index (χ0n) is 32.2. The maximum absolute atomic E-state index is 2.55. The van der Waals surface area contributed by atoms with E-state index in [2.05, 4.69) is 229 Å². The normalized spacial score (nSPS) is 12.9. The highest BCUT2D eigenvalue weighted by molar-refractivity contribution is 7.26. The number of fused-ring (bicyclic) bond motifs is 9. The van der Waals surface area contributed by atoms with Crippen molar-refractivity contribution in [2.24, 2.45) is 0 Å². The molecule has 10 aromatic carbocycles. The largest absolute Gasteiger partial charge is 0.309 e. The fourth-order valence-corrected chi connectivity index (χ4v) is 11.3. The minimum atomic E-state index is -0.514. The second-order valence-corrected chi connectivity index (χ2v) is 16.6. The quantitative estimate of drug-likeness (QED) is 0.152. The lowest BCUT2D eigenvalue weighted by molar-refractivity contribution is 0.768. The van der Waals surface area contributed by atoms with Crippen molar-refractivity contribution >= 4 is 70.1 Å². The third kappa shape index (κ3) is 5.03. The van der Waals surface area contributed by atoms with Gasteiger partial charge in [-0.25, -0.2) is 0 Å². The minimum Gasteiger partial charge on any atom is -0.309 e. The summed E-state index contributed by atoms with van der Waals surface area (Å²) >= 11 is 1.88. The molecule has 1 heterocycles. The molecule has 0 N–H and O–H groups in total. The van der Waals surface area contributed by atoms with Crippen LogP contribution in [0, 0.1) is 0 Å². The van der Waals surface area contributed by atoms with Crippen molar-refractivity contribution in [2.75, 3.05) is 4.90 Å². The summed E-state index contributed by atoms with van der Waals surface area (Å²) in [5, 5.41) is 7.55. The van der Waals surface area contributed by atoms with Crippen LogP contribution in [0.15, 0.2) is 224 Å². The van der Waals surface area contributed by atoms with Gasteiger partial charge < -0.3 is 4.90 Å². The molecular weight excluding hydrogens is 731 g/mol. The summed E-state index contributed by atoms with van der Waals surface area (Å²) in [6, 6.07) is 83.2. The van der Waals surface area contributed by atoms with Gasteiger partial charge in [0.25, 0.3) is 0 Å². The van der Waals surface area contributed by atoms with Gasteiger partial charge in [-0.15, -0.1) is 11.3 Å². The molecule has 11 aromatic rings. The zero-order chi connectivity index (χ0) is 38.9. The molecule has 1 aliphatic carbocycles. The molecule has 59 heavy (non-hydrogen) atoms. The summed E-state index contributed by atoms with van der Waals surface area (Å²) in [5.74, 6) is 0. The standard InChI is InChI=1S/C57H37NS/c1-3-20-40(21-4-1)57(41-22-5-2-6-23-41)50-32-13-11-29-49(50)55-51(57)33-17-34-52(55)58(53-37-39-18-7-8-25-43(39)45-26-9-10-27-46(45)53)42-24-15-19-38(36-42)44-30-16-31-48-47-28-12-14-35-54(47)59-56(44)48/h1-37H. The Hall–Kier alpha value is -7.26. The van der Waals surface area contributed by atoms with Crippen molar-refractivity contribution in [3.8, 4) is 22.3 Å². The average molecular weight is 768 g/mol. The van der Waals surface area contributed by atoms with E-state index >= 15 is 0 Å². The highest BCUT2D eigenvalue weighted by Crippen LogP contribution is 2.60. The Kier molecular flexibility index (Phi) is 7.69. The highest BCUT2D eigenvalue weighted by Gasteiger charge is 2.47. The first-order valence-electron chi connectivity index (χ1n) is 20.3. The van der Waals surface area contributed by atoms with Crippen LogP contribution in [0.4, 0.5) is 17.1 Å². The molecule has 0 spiro atoms. The fourth-order valence-electron chi connectivity index (χ4n) is 10.1. The molecule has 12 rings (SSSR count). The first-order valence-corrected chi connectivity index (χ1v) is 21.2. The molecule has 0 atom stereocenters. The van der Waals surface area contributed by atoms with E-state index in [0.717, 1.165) is 17.1 Å². The van der Waals surface area contributed by atoms with Crippen molar-refractivity contribution in [3.63, 3.8) is 0 Å². The Morgan fingerprint density at radius 1 is 0.373 bits per heavy atom. The van der Waals surface area contributed by atoms with E-state index in [-0.39, 0.29) is 0 Å². The first kappa shape index (κ1) is 33.8. The molecule has 0 radical (unpaired) electrons. The third-order valence-electron chi connectivity index (χ3n) is 12.5. The molecule has 0 fully saturated rings. The molecule has 1 aliphatic rings. The van der Waals surface area contributed by atoms with E-state index < -0.39 is 5.41 Å². The topological polar surface area (TPSA) is 3.24 Å². The Morgan fingerprint density at radius 3 is 1.78 bits per heavy atom. The molecule has 0 saturated carbocycles. The molecule has 0 unspecified atom stereocenters. The smallest absolute Gasteiger partial charge is 0.0714 e. The molecule has 2 heteroatoms. The lowest BCUT2D eigenvalue weighted by Gasteiger charge is -2.34. The maximum Gasteiger partial charge on any atom is 0.0714 e. The van der Waals surface area contributed by atoms with Crippen LogP contribution in [0.2, 0.25) is 0 Å². The van der Waals surface area contributed by atoms with E-state index in [1.165, 1.54) is 86.2 Å². The summed E-state index contributed by atoms with van der Waals surface area (Å²) in [5.41, 5.74) is 13.0. The van der Waals surface area contributed by atoms with Crippen LogP contribution >= 0.6 is 11.3 Å². The number of thiophene rings is 1. The number of benzene rings is 10. The molecule has 0 bridgehead atoms. The molecule has 276 valence electrons. The van der Waals surface area contributed by atoms with Gasteiger partial charge in [0.05, 0.1) is 16.8 Å². The molecule has 0 amide bonds. The van der Waals surface area contributed by atoms with Gasteiger partial charge in [-0.2, -0.15) is 0 Å². The van der Waals surface area contributed by atoms with Gasteiger partial charge >= 0.3 is 0 Å². The van der Waals surface area contributed by atoms with E-state index in [0.29, 0.717) is 0 Å². The van der Waals surface area contributed by atoms with Crippen molar-refractivity contribution in [1.29, 1.82) is 0 Å². The SMILES string of the molecule is c1ccc(C2(c3ccccc3)c3ccccc3-c3c(N(c4cccc(-c5cccc6c5sc5ccccc56)c4)c4cc5ccccc5c5ccccc45)cccc32)cc1. The lowest BCUT2D eigenvalue weighted by atomic mass is 9.68. The van der Waals surface area contributed by atoms with Gasteiger partial charge in [0.15, 0.2) is 0 Å². The maximum atomic E-state index is 2.55. The van der Waals surface area contributed by atoms with Crippen molar-refractivity contribution in [2.45, 2.75) is 5.41 Å². The summed E-state index contributed by atoms with van der Waals surface area (Å²) in [6.07, 6.45) is 0. The van der Waals surface area contributed by atoms with Crippen molar-refractivity contribution < 1.29 is 0 Å². The summed E-state index contributed by atoms with van der Waals surface area (Å²) in [6.45, 7) is 0. The lowest BCUT2D eigenvalue weighted by Crippen LogP contribution is -2.28. The van der Waals surface area contributed by atoms with Crippen LogP contribution in [0.25, 0.3) is 64.0 Å². The second-order valence-electron chi connectivity index (χ2n) is 15.6. The summed E-state index contributed by atoms with van der Waals surface area (Å²) in [7, 11) is 0. The minimum absolute atomic E-state index is 0.514. The Bertz CT molecular complexity index is 3360. The number of hydrogen-bond donors (Lipinski definition) is 0. The van der Waals surface area contributed by atoms with Gasteiger partial charge in [-0.05, 0) is 85.4 Å². The Morgan fingerprint density at radius 2 is 0.966 bits per heavy atom. The van der Waals surface area contributed by atoms with Crippen LogP contribution in [0.3, 0.4) is 0 Å². The Balaban J connectivity index is 1.18. The van der Waals surface area contributed by atoms with Crippen LogP contribution < -0.4 is 4.90 Å². The molecular formula is C57H37NS. The number of hydrogen-bond acceptors (Lipinski definition) is 2. The van der Waals surface area contributed by atoms with E-state index in [1.54, 1.807) is 0 Å². The van der Waals surface area contributed by atoms with Crippen LogP contribution in [0.1, 0.15) is 22.3 Å². The number of anilines is 3. The monoisotopic (exact) mass is 767 g/mol. The summed E-state index contributed by atoms with van der Waals surface area (Å²) in [4.78, 5) is 2.55. The molecule has 0 aliphatic heterocycles. The van der Waals surface area contributed by atoms with Gasteiger partial charge in [0.2, 0.25) is 0 Å². The zero-order valence-corrected chi connectivity index (χ0v) is 33.0. The third-order valence-corrected chi connectivity index (χ3v) is 13.7.